The number of aromatic nitrogens is 1. The van der Waals surface area contributed by atoms with Crippen molar-refractivity contribution in [3.05, 3.63) is 65.9 Å². The standard InChI is InChI=1S/C24H18NOS/c1-13-7-6-10-19-21(13)23-22-17(11-14(2)25(23)3)24-16(12-20(22)27-19)15-8-4-5-9-18(15)26-24/h4-12H,1-3H3/q+1. The molecule has 0 saturated heterocycles. The molecule has 3 heteroatoms. The highest BCUT2D eigenvalue weighted by molar-refractivity contribution is 7.99. The van der Waals surface area contributed by atoms with E-state index in [1.54, 1.807) is 0 Å². The number of rotatable bonds is 0. The second-order valence-corrected chi connectivity index (χ2v) is 8.47. The largest absolute Gasteiger partial charge is 0.455 e. The molecule has 0 unspecified atom stereocenters. The number of aryl methyl sites for hydroxylation is 2. The summed E-state index contributed by atoms with van der Waals surface area (Å²) in [6, 6.07) is 19.5. The topological polar surface area (TPSA) is 17.0 Å². The first-order valence-corrected chi connectivity index (χ1v) is 10.0. The van der Waals surface area contributed by atoms with Crippen molar-refractivity contribution in [3.63, 3.8) is 0 Å². The lowest BCUT2D eigenvalue weighted by Gasteiger charge is -2.20. The fourth-order valence-electron chi connectivity index (χ4n) is 4.41. The monoisotopic (exact) mass is 368 g/mol. The van der Waals surface area contributed by atoms with Gasteiger partial charge in [-0.2, -0.15) is 4.57 Å². The highest BCUT2D eigenvalue weighted by Gasteiger charge is 2.31. The van der Waals surface area contributed by atoms with Crippen molar-refractivity contribution in [2.75, 3.05) is 0 Å². The smallest absolute Gasteiger partial charge is 0.223 e. The lowest BCUT2D eigenvalue weighted by atomic mass is 9.96. The first kappa shape index (κ1) is 15.3. The summed E-state index contributed by atoms with van der Waals surface area (Å²) in [7, 11) is 2.17. The lowest BCUT2D eigenvalue weighted by molar-refractivity contribution is -0.665. The second-order valence-electron chi connectivity index (χ2n) is 7.38. The Morgan fingerprint density at radius 2 is 1.70 bits per heavy atom. The Hall–Kier alpha value is -2.78. The lowest BCUT2D eigenvalue weighted by Crippen LogP contribution is -2.35. The van der Waals surface area contributed by atoms with Crippen LogP contribution in [0.2, 0.25) is 0 Å². The summed E-state index contributed by atoms with van der Waals surface area (Å²) < 4.78 is 8.66. The van der Waals surface area contributed by atoms with Gasteiger partial charge in [0.05, 0.1) is 10.9 Å². The van der Waals surface area contributed by atoms with E-state index >= 15 is 0 Å². The third-order valence-corrected chi connectivity index (χ3v) is 6.92. The van der Waals surface area contributed by atoms with Gasteiger partial charge in [0.25, 0.3) is 0 Å². The first-order chi connectivity index (χ1) is 13.1. The maximum atomic E-state index is 6.34. The van der Waals surface area contributed by atoms with Crippen LogP contribution in [0.1, 0.15) is 11.3 Å². The van der Waals surface area contributed by atoms with Crippen LogP contribution in [0.25, 0.3) is 44.0 Å². The molecule has 6 rings (SSSR count). The number of hydrogen-bond donors (Lipinski definition) is 0. The third-order valence-electron chi connectivity index (χ3n) is 5.82. The summed E-state index contributed by atoms with van der Waals surface area (Å²) in [4.78, 5) is 2.64. The maximum Gasteiger partial charge on any atom is 0.223 e. The molecule has 3 heterocycles. The maximum absolute atomic E-state index is 6.34. The van der Waals surface area contributed by atoms with E-state index in [0.29, 0.717) is 0 Å². The number of hydrogen-bond acceptors (Lipinski definition) is 2. The summed E-state index contributed by atoms with van der Waals surface area (Å²) in [6.45, 7) is 4.38. The minimum Gasteiger partial charge on any atom is -0.455 e. The predicted octanol–water partition coefficient (Wildman–Crippen LogP) is 6.31. The molecule has 0 N–H and O–H groups in total. The van der Waals surface area contributed by atoms with Crippen LogP contribution in [0.5, 0.6) is 0 Å². The number of pyridine rings is 1. The molecule has 0 radical (unpaired) electrons. The Bertz CT molecular complexity index is 1430. The van der Waals surface area contributed by atoms with Crippen LogP contribution in [0.4, 0.5) is 0 Å². The molecule has 27 heavy (non-hydrogen) atoms. The van der Waals surface area contributed by atoms with Crippen molar-refractivity contribution < 1.29 is 8.98 Å². The minimum absolute atomic E-state index is 0.955. The van der Waals surface area contributed by atoms with Crippen LogP contribution in [0, 0.1) is 13.8 Å². The average molecular weight is 368 g/mol. The molecule has 2 aromatic heterocycles. The molecule has 3 aromatic carbocycles. The van der Waals surface area contributed by atoms with E-state index in [9.17, 15) is 0 Å². The first-order valence-electron chi connectivity index (χ1n) is 9.19. The molecule has 0 saturated carbocycles. The number of furan rings is 1. The van der Waals surface area contributed by atoms with E-state index < -0.39 is 0 Å². The van der Waals surface area contributed by atoms with Gasteiger partial charge in [0.15, 0.2) is 5.69 Å². The summed E-state index contributed by atoms with van der Waals surface area (Å²) >= 11 is 1.88. The van der Waals surface area contributed by atoms with Crippen molar-refractivity contribution in [1.82, 2.24) is 0 Å². The summed E-state index contributed by atoms with van der Waals surface area (Å²) in [6.07, 6.45) is 0. The normalized spacial score (nSPS) is 12.9. The zero-order chi connectivity index (χ0) is 18.3. The Balaban J connectivity index is 1.91. The highest BCUT2D eigenvalue weighted by Crippen LogP contribution is 2.50. The quantitative estimate of drug-likeness (QED) is 0.292. The zero-order valence-corrected chi connectivity index (χ0v) is 16.3. The summed E-state index contributed by atoms with van der Waals surface area (Å²) in [5.41, 5.74) is 7.15. The fraction of sp³-hybridized carbons (Fsp3) is 0.125. The number of nitrogens with zero attached hydrogens (tertiary/aromatic N) is 1. The highest BCUT2D eigenvalue weighted by atomic mass is 32.2. The van der Waals surface area contributed by atoms with Crippen LogP contribution >= 0.6 is 11.8 Å². The van der Waals surface area contributed by atoms with Crippen LogP contribution in [0.3, 0.4) is 0 Å². The molecule has 0 spiro atoms. The zero-order valence-electron chi connectivity index (χ0n) is 15.5. The molecule has 5 aromatic rings. The molecule has 130 valence electrons. The van der Waals surface area contributed by atoms with Crippen LogP contribution in [-0.2, 0) is 7.05 Å². The average Bonchev–Trinajstić information content (AvgIpc) is 3.04. The minimum atomic E-state index is 0.955. The van der Waals surface area contributed by atoms with Gasteiger partial charge in [-0.3, -0.25) is 0 Å². The number of fused-ring (bicyclic) bond motifs is 6. The van der Waals surface area contributed by atoms with Gasteiger partial charge in [0.1, 0.15) is 18.2 Å². The van der Waals surface area contributed by atoms with E-state index in [-0.39, 0.29) is 0 Å². The van der Waals surface area contributed by atoms with Crippen molar-refractivity contribution in [2.45, 2.75) is 23.6 Å². The molecule has 0 bridgehead atoms. The Morgan fingerprint density at radius 3 is 2.59 bits per heavy atom. The number of benzene rings is 3. The molecule has 0 aliphatic carbocycles. The molecule has 0 fully saturated rings. The van der Waals surface area contributed by atoms with Crippen LogP contribution < -0.4 is 4.57 Å². The van der Waals surface area contributed by atoms with Gasteiger partial charge in [0.2, 0.25) is 5.69 Å². The third kappa shape index (κ3) is 1.90. The molecule has 1 aliphatic heterocycles. The Morgan fingerprint density at radius 1 is 0.852 bits per heavy atom. The summed E-state index contributed by atoms with van der Waals surface area (Å²) in [5.74, 6) is 0. The second kappa shape index (κ2) is 5.14. The van der Waals surface area contributed by atoms with E-state index in [1.165, 1.54) is 53.9 Å². The molecule has 2 nitrogen and oxygen atoms in total. The van der Waals surface area contributed by atoms with Gasteiger partial charge in [0, 0.05) is 38.9 Å². The van der Waals surface area contributed by atoms with Crippen molar-refractivity contribution in [2.24, 2.45) is 7.05 Å². The predicted molar refractivity (Wildman–Crippen MR) is 111 cm³/mol. The van der Waals surface area contributed by atoms with Crippen molar-refractivity contribution in [3.8, 4) is 11.3 Å². The van der Waals surface area contributed by atoms with Crippen LogP contribution in [0.15, 0.2) is 68.8 Å². The Kier molecular flexibility index (Phi) is 2.91. The molecular weight excluding hydrogens is 350 g/mol. The van der Waals surface area contributed by atoms with Gasteiger partial charge in [-0.1, -0.05) is 42.1 Å². The van der Waals surface area contributed by atoms with E-state index in [2.05, 4.69) is 74.0 Å². The molecule has 0 amide bonds. The van der Waals surface area contributed by atoms with Crippen molar-refractivity contribution in [1.29, 1.82) is 0 Å². The number of para-hydroxylation sites is 1. The molecular formula is C24H18NOS+. The van der Waals surface area contributed by atoms with Gasteiger partial charge in [-0.25, -0.2) is 0 Å². The Labute approximate surface area is 161 Å². The van der Waals surface area contributed by atoms with Crippen LogP contribution in [-0.4, -0.2) is 0 Å². The van der Waals surface area contributed by atoms with Crippen molar-refractivity contribution >= 4 is 44.5 Å². The fourth-order valence-corrected chi connectivity index (χ4v) is 5.64. The summed E-state index contributed by atoms with van der Waals surface area (Å²) in [5, 5.41) is 4.91. The molecule has 0 atom stereocenters. The van der Waals surface area contributed by atoms with Gasteiger partial charge in [-0.05, 0) is 30.7 Å². The van der Waals surface area contributed by atoms with Gasteiger partial charge >= 0.3 is 0 Å². The SMILES string of the molecule is Cc1cccc2c1-c1c3c(cc4c5ccccc5oc4c3cc(C)[n+]1C)S2. The van der Waals surface area contributed by atoms with E-state index in [4.69, 9.17) is 4.42 Å². The molecule has 1 aliphatic rings. The van der Waals surface area contributed by atoms with E-state index in [0.717, 1.165) is 11.2 Å². The van der Waals surface area contributed by atoms with Gasteiger partial charge < -0.3 is 4.42 Å². The van der Waals surface area contributed by atoms with E-state index in [1.807, 2.05) is 17.8 Å². The van der Waals surface area contributed by atoms with Gasteiger partial charge in [-0.15, -0.1) is 0 Å².